The first-order valence-electron chi connectivity index (χ1n) is 10.2. The number of pyridine rings is 1. The molecule has 1 fully saturated rings. The fraction of sp³-hybridized carbons (Fsp3) is 0.160. The molecule has 0 saturated carbocycles. The molecule has 1 aliphatic rings. The SMILES string of the molecule is CCCOc1ccc(/C(O)=C2\C(=O)C(=O)N(c3ccccn3)C2c2ccc(Cl)cc2)cc1. The van der Waals surface area contributed by atoms with Crippen molar-refractivity contribution in [2.45, 2.75) is 19.4 Å². The van der Waals surface area contributed by atoms with Crippen LogP contribution in [0.3, 0.4) is 0 Å². The summed E-state index contributed by atoms with van der Waals surface area (Å²) in [6, 6.07) is 17.8. The van der Waals surface area contributed by atoms with Crippen LogP contribution in [0.5, 0.6) is 5.75 Å². The number of ether oxygens (including phenoxy) is 1. The van der Waals surface area contributed by atoms with Crippen LogP contribution < -0.4 is 9.64 Å². The molecule has 1 atom stereocenters. The Kier molecular flexibility index (Phi) is 6.23. The van der Waals surface area contributed by atoms with Crippen LogP contribution in [0.15, 0.2) is 78.5 Å². The molecule has 1 aromatic heterocycles. The van der Waals surface area contributed by atoms with Crippen molar-refractivity contribution in [1.29, 1.82) is 0 Å². The molecule has 2 aromatic carbocycles. The number of aliphatic hydroxyl groups excluding tert-OH is 1. The molecule has 1 N–H and O–H groups in total. The second-order valence-corrected chi connectivity index (χ2v) is 7.72. The molecule has 32 heavy (non-hydrogen) atoms. The van der Waals surface area contributed by atoms with E-state index in [2.05, 4.69) is 4.98 Å². The normalized spacial score (nSPS) is 17.6. The van der Waals surface area contributed by atoms with E-state index >= 15 is 0 Å². The number of carbonyl (C=O) groups excluding carboxylic acids is 2. The van der Waals surface area contributed by atoms with Crippen molar-refractivity contribution in [2.75, 3.05) is 11.5 Å². The molecule has 0 aliphatic carbocycles. The number of benzene rings is 2. The third kappa shape index (κ3) is 4.09. The lowest BCUT2D eigenvalue weighted by Crippen LogP contribution is -2.30. The second-order valence-electron chi connectivity index (χ2n) is 7.28. The van der Waals surface area contributed by atoms with Gasteiger partial charge >= 0.3 is 5.91 Å². The van der Waals surface area contributed by atoms with Crippen LogP contribution in [0, 0.1) is 0 Å². The van der Waals surface area contributed by atoms with Gasteiger partial charge in [-0.1, -0.05) is 36.7 Å². The Morgan fingerprint density at radius 2 is 1.78 bits per heavy atom. The van der Waals surface area contributed by atoms with Crippen LogP contribution in [0.25, 0.3) is 5.76 Å². The summed E-state index contributed by atoms with van der Waals surface area (Å²) < 4.78 is 5.58. The minimum Gasteiger partial charge on any atom is -0.507 e. The van der Waals surface area contributed by atoms with Crippen molar-refractivity contribution in [3.8, 4) is 5.75 Å². The molecular formula is C25H21ClN2O4. The van der Waals surface area contributed by atoms with Gasteiger partial charge in [-0.05, 0) is 60.5 Å². The topological polar surface area (TPSA) is 79.7 Å². The first-order valence-corrected chi connectivity index (χ1v) is 10.6. The summed E-state index contributed by atoms with van der Waals surface area (Å²) in [5.41, 5.74) is 1.03. The fourth-order valence-corrected chi connectivity index (χ4v) is 3.74. The van der Waals surface area contributed by atoms with Crippen molar-refractivity contribution in [1.82, 2.24) is 4.98 Å². The lowest BCUT2D eigenvalue weighted by molar-refractivity contribution is -0.132. The molecule has 162 valence electrons. The van der Waals surface area contributed by atoms with Crippen LogP contribution in [-0.4, -0.2) is 28.4 Å². The zero-order chi connectivity index (χ0) is 22.7. The predicted octanol–water partition coefficient (Wildman–Crippen LogP) is 5.15. The Bertz CT molecular complexity index is 1160. The number of carbonyl (C=O) groups is 2. The largest absolute Gasteiger partial charge is 0.507 e. The number of nitrogens with zero attached hydrogens (tertiary/aromatic N) is 2. The Hall–Kier alpha value is -3.64. The van der Waals surface area contributed by atoms with Gasteiger partial charge in [-0.3, -0.25) is 14.5 Å². The van der Waals surface area contributed by atoms with E-state index in [9.17, 15) is 14.7 Å². The predicted molar refractivity (Wildman–Crippen MR) is 123 cm³/mol. The quantitative estimate of drug-likeness (QED) is 0.320. The molecular weight excluding hydrogens is 428 g/mol. The van der Waals surface area contributed by atoms with E-state index in [1.54, 1.807) is 72.9 Å². The monoisotopic (exact) mass is 448 g/mol. The maximum Gasteiger partial charge on any atom is 0.301 e. The van der Waals surface area contributed by atoms with Gasteiger partial charge in [0.25, 0.3) is 5.78 Å². The van der Waals surface area contributed by atoms with Gasteiger partial charge < -0.3 is 9.84 Å². The van der Waals surface area contributed by atoms with Crippen molar-refractivity contribution in [3.63, 3.8) is 0 Å². The van der Waals surface area contributed by atoms with Crippen LogP contribution in [0.2, 0.25) is 5.02 Å². The number of hydrogen-bond donors (Lipinski definition) is 1. The van der Waals surface area contributed by atoms with Crippen molar-refractivity contribution < 1.29 is 19.4 Å². The lowest BCUT2D eigenvalue weighted by atomic mass is 9.95. The highest BCUT2D eigenvalue weighted by Gasteiger charge is 2.47. The van der Waals surface area contributed by atoms with E-state index in [0.29, 0.717) is 34.3 Å². The molecule has 0 bridgehead atoms. The van der Waals surface area contributed by atoms with Crippen molar-refractivity contribution in [3.05, 3.63) is 94.6 Å². The Balaban J connectivity index is 1.83. The number of anilines is 1. The maximum atomic E-state index is 13.1. The minimum atomic E-state index is -0.849. The fourth-order valence-electron chi connectivity index (χ4n) is 3.61. The zero-order valence-electron chi connectivity index (χ0n) is 17.4. The molecule has 0 spiro atoms. The third-order valence-corrected chi connectivity index (χ3v) is 5.38. The molecule has 1 saturated heterocycles. The summed E-state index contributed by atoms with van der Waals surface area (Å²) >= 11 is 6.04. The number of aromatic nitrogens is 1. The Morgan fingerprint density at radius 1 is 1.06 bits per heavy atom. The van der Waals surface area contributed by atoms with Gasteiger partial charge in [-0.15, -0.1) is 0 Å². The molecule has 0 radical (unpaired) electrons. The lowest BCUT2D eigenvalue weighted by Gasteiger charge is -2.24. The van der Waals surface area contributed by atoms with Crippen LogP contribution in [0.4, 0.5) is 5.82 Å². The van der Waals surface area contributed by atoms with Gasteiger partial charge in [0, 0.05) is 16.8 Å². The highest BCUT2D eigenvalue weighted by molar-refractivity contribution is 6.51. The summed E-state index contributed by atoms with van der Waals surface area (Å²) in [6.07, 6.45) is 2.42. The van der Waals surface area contributed by atoms with Crippen molar-refractivity contribution >= 4 is 34.9 Å². The number of halogens is 1. The minimum absolute atomic E-state index is 0.00907. The third-order valence-electron chi connectivity index (χ3n) is 5.13. The average Bonchev–Trinajstić information content (AvgIpc) is 3.09. The van der Waals surface area contributed by atoms with E-state index in [4.69, 9.17) is 16.3 Å². The maximum absolute atomic E-state index is 13.1. The standard InChI is InChI=1S/C25H21ClN2O4/c1-2-15-32-19-12-8-17(9-13-19)23(29)21-22(16-6-10-18(26)11-7-16)28(25(31)24(21)30)20-5-3-4-14-27-20/h3-14,22,29H,2,15H2,1H3/b23-21+. The summed E-state index contributed by atoms with van der Waals surface area (Å²) in [4.78, 5) is 31.6. The van der Waals surface area contributed by atoms with Crippen LogP contribution in [0.1, 0.15) is 30.5 Å². The molecule has 1 aliphatic heterocycles. The Morgan fingerprint density at radius 3 is 2.41 bits per heavy atom. The number of aliphatic hydroxyl groups is 1. The van der Waals surface area contributed by atoms with E-state index in [0.717, 1.165) is 6.42 Å². The number of rotatable bonds is 6. The first-order chi connectivity index (χ1) is 15.5. The second kappa shape index (κ2) is 9.24. The van der Waals surface area contributed by atoms with E-state index < -0.39 is 17.7 Å². The molecule has 6 nitrogen and oxygen atoms in total. The number of hydrogen-bond acceptors (Lipinski definition) is 5. The van der Waals surface area contributed by atoms with E-state index in [-0.39, 0.29) is 11.3 Å². The van der Waals surface area contributed by atoms with Crippen LogP contribution >= 0.6 is 11.6 Å². The van der Waals surface area contributed by atoms with Gasteiger partial charge in [0.15, 0.2) is 0 Å². The van der Waals surface area contributed by atoms with Gasteiger partial charge in [0.1, 0.15) is 17.3 Å². The van der Waals surface area contributed by atoms with Crippen LogP contribution in [-0.2, 0) is 9.59 Å². The molecule has 1 amide bonds. The van der Waals surface area contributed by atoms with E-state index in [1.807, 2.05) is 6.92 Å². The zero-order valence-corrected chi connectivity index (χ0v) is 18.1. The van der Waals surface area contributed by atoms with Gasteiger partial charge in [0.2, 0.25) is 0 Å². The molecule has 1 unspecified atom stereocenters. The summed E-state index contributed by atoms with van der Waals surface area (Å²) in [7, 11) is 0. The molecule has 2 heterocycles. The highest BCUT2D eigenvalue weighted by atomic mass is 35.5. The average molecular weight is 449 g/mol. The number of ketones is 1. The number of Topliss-reactive ketones (excluding diaryl/α,β-unsaturated/α-hetero) is 1. The summed E-state index contributed by atoms with van der Waals surface area (Å²) in [5.74, 6) is -0.820. The van der Waals surface area contributed by atoms with Gasteiger partial charge in [0.05, 0.1) is 18.2 Å². The van der Waals surface area contributed by atoms with Gasteiger partial charge in [-0.25, -0.2) is 4.98 Å². The Labute approximate surface area is 190 Å². The summed E-state index contributed by atoms with van der Waals surface area (Å²) in [5, 5.41) is 11.6. The summed E-state index contributed by atoms with van der Waals surface area (Å²) in [6.45, 7) is 2.59. The van der Waals surface area contributed by atoms with E-state index in [1.165, 1.54) is 4.90 Å². The molecule has 3 aromatic rings. The first kappa shape index (κ1) is 21.6. The van der Waals surface area contributed by atoms with Gasteiger partial charge in [-0.2, -0.15) is 0 Å². The smallest absolute Gasteiger partial charge is 0.301 e. The molecule has 7 heteroatoms. The number of amides is 1. The molecule has 4 rings (SSSR count). The van der Waals surface area contributed by atoms with Crippen molar-refractivity contribution in [2.24, 2.45) is 0 Å². The highest BCUT2D eigenvalue weighted by Crippen LogP contribution is 2.41.